The van der Waals surface area contributed by atoms with Crippen LogP contribution in [-0.2, 0) is 0 Å². The largest absolute Gasteiger partial charge is 0.543 e. The summed E-state index contributed by atoms with van der Waals surface area (Å²) in [6, 6.07) is 17.9. The molecule has 240 valence electrons. The molecule has 0 unspecified atom stereocenters. The molecule has 0 aromatic heterocycles. The van der Waals surface area contributed by atoms with Gasteiger partial charge in [-0.05, 0) is 82.0 Å². The molecule has 0 aliphatic heterocycles. The molecule has 6 heteroatoms. The van der Waals surface area contributed by atoms with Crippen LogP contribution in [0.4, 0.5) is 0 Å². The van der Waals surface area contributed by atoms with Crippen molar-refractivity contribution in [3.8, 4) is 17.6 Å². The minimum atomic E-state index is -2.33. The first-order valence-corrected chi connectivity index (χ1v) is 20.7. The molecule has 44 heavy (non-hydrogen) atoms. The number of ketones is 1. The van der Waals surface area contributed by atoms with E-state index in [1.807, 2.05) is 62.4 Å². The summed E-state index contributed by atoms with van der Waals surface area (Å²) in [5.74, 6) is 1.01. The molecule has 0 saturated carbocycles. The van der Waals surface area contributed by atoms with Crippen molar-refractivity contribution in [3.63, 3.8) is 0 Å². The Hall–Kier alpha value is -2.89. The van der Waals surface area contributed by atoms with Gasteiger partial charge in [-0.1, -0.05) is 113 Å². The van der Waals surface area contributed by atoms with Gasteiger partial charge in [-0.3, -0.25) is 4.79 Å². The SMILES string of the molecule is CC(/C=C(\C#N)C(=O)c1cc(O[Si](C(C)C)(C(C)C)C(C)C)cc(O[Si](C(C)C)(C(C)C)C(C)C)c1)=C(/C)c1ccccc1. The Labute approximate surface area is 270 Å². The smallest absolute Gasteiger partial charge is 0.258 e. The maximum Gasteiger partial charge on any atom is 0.258 e. The van der Waals surface area contributed by atoms with E-state index in [1.165, 1.54) is 0 Å². The lowest BCUT2D eigenvalue weighted by molar-refractivity contribution is 0.103. The first-order chi connectivity index (χ1) is 20.4. The zero-order valence-corrected chi connectivity index (χ0v) is 31.8. The van der Waals surface area contributed by atoms with E-state index in [-0.39, 0.29) is 11.4 Å². The van der Waals surface area contributed by atoms with Gasteiger partial charge in [0, 0.05) is 11.6 Å². The van der Waals surface area contributed by atoms with Gasteiger partial charge in [0.05, 0.1) is 0 Å². The van der Waals surface area contributed by atoms with Gasteiger partial charge in [0.2, 0.25) is 5.78 Å². The third-order valence-electron chi connectivity index (χ3n) is 9.67. The lowest BCUT2D eigenvalue weighted by Gasteiger charge is -2.43. The molecule has 2 aromatic carbocycles. The number of nitriles is 1. The van der Waals surface area contributed by atoms with Crippen LogP contribution in [0.5, 0.6) is 11.5 Å². The van der Waals surface area contributed by atoms with Crippen molar-refractivity contribution >= 4 is 28.0 Å². The molecule has 0 heterocycles. The standard InChI is InChI=1S/C38H57NO3Si2/c1-25(2)43(26(3)4,27(5)6)41-36-21-34(22-37(23-36)42-44(28(7)8,29(9)10)30(11)12)38(40)35(24-39)20-31(13)32(14)33-18-16-15-17-19-33/h15-23,25-30H,1-14H3/b32-31+,35-20+. The fourth-order valence-electron chi connectivity index (χ4n) is 7.48. The number of carbonyl (C=O) groups is 1. The first kappa shape index (κ1) is 37.3. The molecule has 0 amide bonds. The highest BCUT2D eigenvalue weighted by molar-refractivity contribution is 6.78. The van der Waals surface area contributed by atoms with Crippen molar-refractivity contribution in [2.45, 2.75) is 130 Å². The van der Waals surface area contributed by atoms with Gasteiger partial charge in [0.25, 0.3) is 16.6 Å². The van der Waals surface area contributed by atoms with Gasteiger partial charge >= 0.3 is 0 Å². The quantitative estimate of drug-likeness (QED) is 0.0684. The van der Waals surface area contributed by atoms with Crippen LogP contribution in [0.1, 0.15) is 113 Å². The minimum Gasteiger partial charge on any atom is -0.543 e. The van der Waals surface area contributed by atoms with Crippen molar-refractivity contribution in [1.82, 2.24) is 0 Å². The zero-order chi connectivity index (χ0) is 33.6. The lowest BCUT2D eigenvalue weighted by atomic mass is 9.97. The molecular weight excluding hydrogens is 575 g/mol. The average molecular weight is 632 g/mol. The van der Waals surface area contributed by atoms with E-state index in [1.54, 1.807) is 6.08 Å². The van der Waals surface area contributed by atoms with E-state index < -0.39 is 16.6 Å². The fraction of sp³-hybridized carbons (Fsp3) is 0.526. The molecule has 0 bridgehead atoms. The molecule has 0 radical (unpaired) electrons. The van der Waals surface area contributed by atoms with Crippen LogP contribution in [0.15, 0.2) is 65.8 Å². The van der Waals surface area contributed by atoms with Gasteiger partial charge in [0.15, 0.2) is 0 Å². The van der Waals surface area contributed by atoms with Crippen LogP contribution in [0.25, 0.3) is 5.57 Å². The molecule has 0 N–H and O–H groups in total. The fourth-order valence-corrected chi connectivity index (χ4v) is 17.9. The molecule has 0 aliphatic rings. The van der Waals surface area contributed by atoms with Gasteiger partial charge in [-0.2, -0.15) is 5.26 Å². The second-order valence-electron chi connectivity index (χ2n) is 14.2. The van der Waals surface area contributed by atoms with Crippen LogP contribution in [0, 0.1) is 11.3 Å². The molecular formula is C38H57NO3Si2. The van der Waals surface area contributed by atoms with Crippen molar-refractivity contribution in [2.75, 3.05) is 0 Å². The summed E-state index contributed by atoms with van der Waals surface area (Å²) in [5, 5.41) is 10.2. The van der Waals surface area contributed by atoms with Crippen molar-refractivity contribution in [2.24, 2.45) is 0 Å². The summed E-state index contributed by atoms with van der Waals surface area (Å²) in [6.07, 6.45) is 1.71. The average Bonchev–Trinajstić information content (AvgIpc) is 2.95. The number of nitrogens with zero attached hydrogens (tertiary/aromatic N) is 1. The highest BCUT2D eigenvalue weighted by Gasteiger charge is 2.48. The molecule has 0 spiro atoms. The maximum absolute atomic E-state index is 14.1. The highest BCUT2D eigenvalue weighted by atomic mass is 28.4. The Morgan fingerprint density at radius 3 is 1.39 bits per heavy atom. The summed E-state index contributed by atoms with van der Waals surface area (Å²) < 4.78 is 14.2. The Bertz CT molecular complexity index is 1280. The second-order valence-corrected chi connectivity index (χ2v) is 25.0. The summed E-state index contributed by atoms with van der Waals surface area (Å²) in [6.45, 7) is 31.1. The Balaban J connectivity index is 2.81. The molecule has 0 atom stereocenters. The Morgan fingerprint density at radius 2 is 1.05 bits per heavy atom. The van der Waals surface area contributed by atoms with Gasteiger partial charge in [-0.15, -0.1) is 0 Å². The highest BCUT2D eigenvalue weighted by Crippen LogP contribution is 2.46. The molecule has 0 aliphatic carbocycles. The molecule has 4 nitrogen and oxygen atoms in total. The van der Waals surface area contributed by atoms with Gasteiger partial charge < -0.3 is 8.85 Å². The van der Waals surface area contributed by atoms with Crippen molar-refractivity contribution in [3.05, 3.63) is 76.9 Å². The monoisotopic (exact) mass is 631 g/mol. The predicted octanol–water partition coefficient (Wildman–Crippen LogP) is 11.9. The van der Waals surface area contributed by atoms with E-state index >= 15 is 0 Å². The summed E-state index contributed by atoms with van der Waals surface area (Å²) >= 11 is 0. The maximum atomic E-state index is 14.1. The number of hydrogen-bond donors (Lipinski definition) is 0. The third kappa shape index (κ3) is 7.84. The predicted molar refractivity (Wildman–Crippen MR) is 193 cm³/mol. The topological polar surface area (TPSA) is 59.3 Å². The van der Waals surface area contributed by atoms with E-state index in [0.29, 0.717) is 50.3 Å². The molecule has 2 rings (SSSR count). The second kappa shape index (κ2) is 15.4. The van der Waals surface area contributed by atoms with Crippen molar-refractivity contribution < 1.29 is 13.6 Å². The summed E-state index contributed by atoms with van der Waals surface area (Å²) in [4.78, 5) is 14.1. The lowest BCUT2D eigenvalue weighted by Crippen LogP contribution is -2.51. The van der Waals surface area contributed by atoms with Crippen LogP contribution in [-0.4, -0.2) is 22.4 Å². The first-order valence-electron chi connectivity index (χ1n) is 16.4. The zero-order valence-electron chi connectivity index (χ0n) is 29.8. The number of hydrogen-bond acceptors (Lipinski definition) is 4. The van der Waals surface area contributed by atoms with E-state index in [4.69, 9.17) is 8.85 Å². The molecule has 2 aromatic rings. The summed E-state index contributed by atoms with van der Waals surface area (Å²) in [7, 11) is -4.66. The summed E-state index contributed by atoms with van der Waals surface area (Å²) in [5.41, 5.74) is 5.68. The van der Waals surface area contributed by atoms with Gasteiger partial charge in [0.1, 0.15) is 23.1 Å². The van der Waals surface area contributed by atoms with Gasteiger partial charge in [-0.25, -0.2) is 0 Å². The van der Waals surface area contributed by atoms with Crippen molar-refractivity contribution in [1.29, 1.82) is 5.26 Å². The van der Waals surface area contributed by atoms with E-state index in [9.17, 15) is 10.1 Å². The number of benzene rings is 2. The minimum absolute atomic E-state index is 0.0982. The van der Waals surface area contributed by atoms with Crippen LogP contribution in [0.2, 0.25) is 33.2 Å². The van der Waals surface area contributed by atoms with Crippen LogP contribution < -0.4 is 8.85 Å². The third-order valence-corrected chi connectivity index (χ3v) is 21.7. The van der Waals surface area contributed by atoms with E-state index in [2.05, 4.69) is 89.2 Å². The number of Topliss-reactive ketones (excluding diaryl/α,β-unsaturated/α-hetero) is 1. The van der Waals surface area contributed by atoms with Crippen LogP contribution in [0.3, 0.4) is 0 Å². The molecule has 0 saturated heterocycles. The Morgan fingerprint density at radius 1 is 0.659 bits per heavy atom. The normalized spacial score (nSPS) is 13.7. The molecule has 0 fully saturated rings. The Kier molecular flexibility index (Phi) is 13.1. The van der Waals surface area contributed by atoms with E-state index in [0.717, 1.165) is 16.7 Å². The number of carbonyl (C=O) groups excluding carboxylic acids is 1. The number of allylic oxidation sites excluding steroid dienone is 4. The number of rotatable bonds is 14. The van der Waals surface area contributed by atoms with Crippen LogP contribution >= 0.6 is 0 Å².